The van der Waals surface area contributed by atoms with E-state index >= 15 is 0 Å². The minimum Gasteiger partial charge on any atom is -0.384 e. The van der Waals surface area contributed by atoms with Crippen molar-refractivity contribution < 1.29 is 13.5 Å². The molecular weight excluding hydrogens is 286 g/mol. The van der Waals surface area contributed by atoms with Crippen molar-refractivity contribution in [2.75, 3.05) is 13.2 Å². The van der Waals surface area contributed by atoms with Gasteiger partial charge in [0.1, 0.15) is 6.61 Å². The van der Waals surface area contributed by atoms with Crippen LogP contribution in [-0.2, 0) is 10.0 Å². The number of aliphatic hydroxyl groups excluding tert-OH is 1. The van der Waals surface area contributed by atoms with E-state index in [9.17, 15) is 8.42 Å². The summed E-state index contributed by atoms with van der Waals surface area (Å²) in [5.74, 6) is 6.42. The lowest BCUT2D eigenvalue weighted by Crippen LogP contribution is -2.29. The fourth-order valence-electron chi connectivity index (χ4n) is 2.23. The van der Waals surface area contributed by atoms with Gasteiger partial charge in [0, 0.05) is 12.1 Å². The van der Waals surface area contributed by atoms with E-state index in [-0.39, 0.29) is 11.5 Å². The molecule has 1 aromatic rings. The Morgan fingerprint density at radius 2 is 2.14 bits per heavy atom. The molecule has 2 N–H and O–H groups in total. The molecule has 1 aliphatic carbocycles. The van der Waals surface area contributed by atoms with Gasteiger partial charge in [-0.25, -0.2) is 13.1 Å². The van der Waals surface area contributed by atoms with Gasteiger partial charge in [-0.2, -0.15) is 0 Å². The first-order valence-electron chi connectivity index (χ1n) is 7.14. The summed E-state index contributed by atoms with van der Waals surface area (Å²) in [6, 6.07) is 4.85. The van der Waals surface area contributed by atoms with Gasteiger partial charge in [-0.05, 0) is 55.4 Å². The van der Waals surface area contributed by atoms with Crippen LogP contribution in [0.5, 0.6) is 0 Å². The molecule has 1 unspecified atom stereocenters. The van der Waals surface area contributed by atoms with E-state index in [0.29, 0.717) is 18.4 Å². The van der Waals surface area contributed by atoms with Crippen LogP contribution in [0.1, 0.15) is 30.9 Å². The van der Waals surface area contributed by atoms with Gasteiger partial charge in [-0.15, -0.1) is 0 Å². The van der Waals surface area contributed by atoms with E-state index in [1.54, 1.807) is 18.2 Å². The van der Waals surface area contributed by atoms with Crippen molar-refractivity contribution in [2.24, 2.45) is 11.8 Å². The topological polar surface area (TPSA) is 66.4 Å². The molecule has 21 heavy (non-hydrogen) atoms. The Kier molecular flexibility index (Phi) is 5.04. The third kappa shape index (κ3) is 4.31. The molecule has 1 fully saturated rings. The van der Waals surface area contributed by atoms with Crippen LogP contribution < -0.4 is 4.72 Å². The summed E-state index contributed by atoms with van der Waals surface area (Å²) in [5.41, 5.74) is 1.52. The number of sulfonamides is 1. The molecule has 0 aromatic heterocycles. The first-order chi connectivity index (χ1) is 9.94. The van der Waals surface area contributed by atoms with E-state index in [1.165, 1.54) is 12.8 Å². The quantitative estimate of drug-likeness (QED) is 0.813. The molecule has 4 nitrogen and oxygen atoms in total. The summed E-state index contributed by atoms with van der Waals surface area (Å²) < 4.78 is 27.2. The van der Waals surface area contributed by atoms with Crippen LogP contribution >= 0.6 is 0 Å². The van der Waals surface area contributed by atoms with Crippen molar-refractivity contribution in [3.8, 4) is 11.8 Å². The Labute approximate surface area is 126 Å². The maximum Gasteiger partial charge on any atom is 0.240 e. The number of aryl methyl sites for hydroxylation is 1. The largest absolute Gasteiger partial charge is 0.384 e. The molecule has 114 valence electrons. The molecule has 2 rings (SSSR count). The normalized spacial score (nSPS) is 16.1. The molecule has 0 radical (unpaired) electrons. The van der Waals surface area contributed by atoms with Gasteiger partial charge in [0.15, 0.2) is 0 Å². The Morgan fingerprint density at radius 1 is 1.43 bits per heavy atom. The SMILES string of the molecule is Cc1cc(S(=O)(=O)NCC(C)C2CC2)ccc1C#CCO. The highest BCUT2D eigenvalue weighted by Gasteiger charge is 2.28. The van der Waals surface area contributed by atoms with Crippen molar-refractivity contribution in [3.63, 3.8) is 0 Å². The van der Waals surface area contributed by atoms with Gasteiger partial charge in [-0.3, -0.25) is 0 Å². The molecule has 0 amide bonds. The van der Waals surface area contributed by atoms with E-state index in [1.807, 2.05) is 6.92 Å². The minimum atomic E-state index is -3.47. The highest BCUT2D eigenvalue weighted by Crippen LogP contribution is 2.36. The van der Waals surface area contributed by atoms with Gasteiger partial charge in [-0.1, -0.05) is 18.8 Å². The second-order valence-electron chi connectivity index (χ2n) is 5.60. The van der Waals surface area contributed by atoms with Gasteiger partial charge >= 0.3 is 0 Å². The van der Waals surface area contributed by atoms with Crippen LogP contribution in [0.3, 0.4) is 0 Å². The maximum absolute atomic E-state index is 12.3. The molecule has 5 heteroatoms. The Balaban J connectivity index is 2.10. The average Bonchev–Trinajstić information content (AvgIpc) is 3.28. The highest BCUT2D eigenvalue weighted by atomic mass is 32.2. The Morgan fingerprint density at radius 3 is 2.71 bits per heavy atom. The molecule has 1 aliphatic rings. The number of rotatable bonds is 5. The summed E-state index contributed by atoms with van der Waals surface area (Å²) in [5, 5.41) is 8.69. The van der Waals surface area contributed by atoms with Crippen LogP contribution in [0.25, 0.3) is 0 Å². The van der Waals surface area contributed by atoms with Crippen molar-refractivity contribution >= 4 is 10.0 Å². The van der Waals surface area contributed by atoms with E-state index in [0.717, 1.165) is 11.1 Å². The average molecular weight is 307 g/mol. The molecular formula is C16H21NO3S. The molecule has 0 aliphatic heterocycles. The number of aliphatic hydroxyl groups is 1. The van der Waals surface area contributed by atoms with Gasteiger partial charge in [0.2, 0.25) is 10.0 Å². The van der Waals surface area contributed by atoms with Crippen LogP contribution in [0, 0.1) is 30.6 Å². The van der Waals surface area contributed by atoms with Gasteiger partial charge in [0.05, 0.1) is 4.90 Å². The van der Waals surface area contributed by atoms with E-state index in [4.69, 9.17) is 5.11 Å². The molecule has 1 atom stereocenters. The fraction of sp³-hybridized carbons (Fsp3) is 0.500. The smallest absolute Gasteiger partial charge is 0.240 e. The Bertz CT molecular complexity index is 666. The van der Waals surface area contributed by atoms with Gasteiger partial charge in [0.25, 0.3) is 0 Å². The molecule has 0 bridgehead atoms. The van der Waals surface area contributed by atoms with Crippen molar-refractivity contribution in [2.45, 2.75) is 31.6 Å². The van der Waals surface area contributed by atoms with Crippen LogP contribution in [-0.4, -0.2) is 26.7 Å². The molecule has 0 saturated heterocycles. The second-order valence-corrected chi connectivity index (χ2v) is 7.37. The number of hydrogen-bond acceptors (Lipinski definition) is 3. The highest BCUT2D eigenvalue weighted by molar-refractivity contribution is 7.89. The maximum atomic E-state index is 12.3. The zero-order valence-corrected chi connectivity index (χ0v) is 13.2. The predicted octanol–water partition coefficient (Wildman–Crippen LogP) is 1.66. The lowest BCUT2D eigenvalue weighted by molar-refractivity contribution is 0.350. The first-order valence-corrected chi connectivity index (χ1v) is 8.62. The third-order valence-corrected chi connectivity index (χ3v) is 5.25. The van der Waals surface area contributed by atoms with Crippen LogP contribution in [0.4, 0.5) is 0 Å². The number of nitrogens with one attached hydrogen (secondary N) is 1. The van der Waals surface area contributed by atoms with Crippen molar-refractivity contribution in [1.29, 1.82) is 0 Å². The van der Waals surface area contributed by atoms with E-state index < -0.39 is 10.0 Å². The summed E-state index contributed by atoms with van der Waals surface area (Å²) >= 11 is 0. The van der Waals surface area contributed by atoms with Crippen molar-refractivity contribution in [3.05, 3.63) is 29.3 Å². The summed E-state index contributed by atoms with van der Waals surface area (Å²) in [4.78, 5) is 0.262. The van der Waals surface area contributed by atoms with Gasteiger partial charge < -0.3 is 5.11 Å². The monoisotopic (exact) mass is 307 g/mol. The summed E-state index contributed by atoms with van der Waals surface area (Å²) in [6.45, 7) is 4.17. The van der Waals surface area contributed by atoms with E-state index in [2.05, 4.69) is 23.5 Å². The zero-order valence-electron chi connectivity index (χ0n) is 12.4. The fourth-order valence-corrected chi connectivity index (χ4v) is 3.46. The zero-order chi connectivity index (χ0) is 15.5. The summed E-state index contributed by atoms with van der Waals surface area (Å²) in [7, 11) is -3.47. The number of benzene rings is 1. The predicted molar refractivity (Wildman–Crippen MR) is 82.2 cm³/mol. The van der Waals surface area contributed by atoms with Crippen molar-refractivity contribution in [1.82, 2.24) is 4.72 Å². The molecule has 1 aromatic carbocycles. The molecule has 0 heterocycles. The molecule has 0 spiro atoms. The third-order valence-electron chi connectivity index (χ3n) is 3.83. The minimum absolute atomic E-state index is 0.208. The lowest BCUT2D eigenvalue weighted by atomic mass is 10.1. The lowest BCUT2D eigenvalue weighted by Gasteiger charge is -2.12. The Hall–Kier alpha value is -1.35. The standard InChI is InChI=1S/C16H21NO3S/c1-12-10-16(8-7-14(12)4-3-9-18)21(19,20)17-11-13(2)15-5-6-15/h7-8,10,13,15,17-18H,5-6,9,11H2,1-2H3. The first kappa shape index (κ1) is 16.0. The van der Waals surface area contributed by atoms with Crippen LogP contribution in [0.15, 0.2) is 23.1 Å². The number of hydrogen-bond donors (Lipinski definition) is 2. The second kappa shape index (κ2) is 6.61. The summed E-state index contributed by atoms with van der Waals surface area (Å²) in [6.07, 6.45) is 2.42. The molecule has 1 saturated carbocycles. The van der Waals surface area contributed by atoms with Crippen LogP contribution in [0.2, 0.25) is 0 Å².